The minimum Gasteiger partial charge on any atom is -0.480 e. The van der Waals surface area contributed by atoms with Gasteiger partial charge in [0.1, 0.15) is 6.04 Å². The highest BCUT2D eigenvalue weighted by atomic mass is 32.2. The van der Waals surface area contributed by atoms with Crippen LogP contribution in [-0.4, -0.2) is 79.5 Å². The summed E-state index contributed by atoms with van der Waals surface area (Å²) >= 11 is 0.928. The van der Waals surface area contributed by atoms with Crippen molar-refractivity contribution in [3.05, 3.63) is 18.5 Å². The van der Waals surface area contributed by atoms with Crippen molar-refractivity contribution in [2.24, 2.45) is 11.3 Å². The Balaban J connectivity index is 1.62. The molecule has 1 aliphatic carbocycles. The average molecular weight is 573 g/mol. The molecule has 3 rings (SSSR count). The molecule has 0 aromatic carbocycles. The molecule has 2 aromatic heterocycles. The summed E-state index contributed by atoms with van der Waals surface area (Å²) in [5.41, 5.74) is 5.86. The van der Waals surface area contributed by atoms with Crippen LogP contribution in [0.1, 0.15) is 33.2 Å². The van der Waals surface area contributed by atoms with Crippen LogP contribution < -0.4 is 15.6 Å². The monoisotopic (exact) mass is 572 g/mol. The van der Waals surface area contributed by atoms with Gasteiger partial charge in [-0.2, -0.15) is 9.97 Å². The van der Waals surface area contributed by atoms with Crippen molar-refractivity contribution in [2.45, 2.75) is 39.3 Å². The Bertz CT molecular complexity index is 1240. The van der Waals surface area contributed by atoms with Crippen LogP contribution in [-0.2, 0) is 23.2 Å². The summed E-state index contributed by atoms with van der Waals surface area (Å²) in [7, 11) is -2.57. The summed E-state index contributed by atoms with van der Waals surface area (Å²) in [5, 5.41) is 20.7. The first-order chi connectivity index (χ1) is 17.9. The van der Waals surface area contributed by atoms with Gasteiger partial charge in [-0.15, -0.1) is 0 Å². The molecule has 2 unspecified atom stereocenters. The number of nitrogens with zero attached hydrogens (tertiary/aromatic N) is 4. The molecule has 1 aliphatic rings. The summed E-state index contributed by atoms with van der Waals surface area (Å²) in [4.78, 5) is 36.1. The number of hydrogen-bond acceptors (Lipinski definition) is 12. The van der Waals surface area contributed by atoms with Crippen molar-refractivity contribution in [1.82, 2.24) is 24.6 Å². The maximum Gasteiger partial charge on any atom is 0.406 e. The van der Waals surface area contributed by atoms with Crippen LogP contribution in [0.5, 0.6) is 5.88 Å². The van der Waals surface area contributed by atoms with Gasteiger partial charge in [0.2, 0.25) is 11.8 Å². The number of aliphatic hydroxyl groups is 1. The number of rotatable bonds is 14. The molecule has 0 saturated heterocycles. The lowest BCUT2D eigenvalue weighted by atomic mass is 9.97. The number of aliphatic carboxylic acids is 1. The summed E-state index contributed by atoms with van der Waals surface area (Å²) in [5.74, 6) is -0.930. The van der Waals surface area contributed by atoms with Gasteiger partial charge in [-0.1, -0.05) is 23.9 Å². The number of carboxylic acids is 1. The fraction of sp³-hybridized carbons (Fsp3) is 0.591. The van der Waals surface area contributed by atoms with Crippen LogP contribution in [0.15, 0.2) is 18.5 Å². The van der Waals surface area contributed by atoms with Gasteiger partial charge in [-0.25, -0.2) is 14.6 Å². The number of carbonyl (C=O) groups excluding carboxylic acids is 1. The fourth-order valence-electron chi connectivity index (χ4n) is 3.52. The first-order valence-corrected chi connectivity index (χ1v) is 14.3. The minimum atomic E-state index is -4.04. The predicted molar refractivity (Wildman–Crippen MR) is 141 cm³/mol. The summed E-state index contributed by atoms with van der Waals surface area (Å²) in [6.45, 7) is 4.09. The average Bonchev–Trinajstić information content (AvgIpc) is 3.51. The maximum absolute atomic E-state index is 13.3. The van der Waals surface area contributed by atoms with Crippen LogP contribution in [0, 0.1) is 11.3 Å². The molecule has 0 amide bonds. The number of hydrogen-bond donors (Lipinski definition) is 4. The Labute approximate surface area is 223 Å². The van der Waals surface area contributed by atoms with Crippen molar-refractivity contribution < 1.29 is 38.2 Å². The van der Waals surface area contributed by atoms with Crippen LogP contribution in [0.3, 0.4) is 0 Å². The molecule has 0 radical (unpaired) electrons. The number of fused-ring (bicyclic) bond motifs is 1. The van der Waals surface area contributed by atoms with Crippen LogP contribution in [0.25, 0.3) is 11.2 Å². The Hall–Kier alpha value is -2.55. The lowest BCUT2D eigenvalue weighted by Gasteiger charge is -2.23. The number of thioether (sulfide) groups is 1. The van der Waals surface area contributed by atoms with Crippen molar-refractivity contribution in [2.75, 3.05) is 38.4 Å². The lowest BCUT2D eigenvalue weighted by Crippen LogP contribution is -2.33. The van der Waals surface area contributed by atoms with Gasteiger partial charge in [0.05, 0.1) is 44.7 Å². The SMILES string of the molecule is COc1nc(N)nc2c1ncn2[C@H]1C=C[C@@H](COP(=O)(NC(C)C(=O)O)OCCSC(=O)C(C)(C)CO)C1. The number of aliphatic hydroxyl groups excluding tert-OH is 1. The van der Waals surface area contributed by atoms with E-state index in [0.29, 0.717) is 17.6 Å². The van der Waals surface area contributed by atoms with Crippen LogP contribution in [0.2, 0.25) is 0 Å². The Kier molecular flexibility index (Phi) is 9.90. The molecule has 210 valence electrons. The van der Waals surface area contributed by atoms with E-state index in [4.69, 9.17) is 19.5 Å². The molecular formula is C22H33N6O8PS. The molecule has 4 atom stereocenters. The van der Waals surface area contributed by atoms with E-state index in [1.54, 1.807) is 20.2 Å². The fourth-order valence-corrected chi connectivity index (χ4v) is 5.98. The van der Waals surface area contributed by atoms with E-state index in [1.165, 1.54) is 14.0 Å². The Morgan fingerprint density at radius 3 is 2.74 bits per heavy atom. The maximum atomic E-state index is 13.3. The van der Waals surface area contributed by atoms with E-state index < -0.39 is 25.2 Å². The molecule has 0 saturated carbocycles. The normalized spacial score (nSPS) is 19.9. The van der Waals surface area contributed by atoms with Gasteiger partial charge in [-0.3, -0.25) is 18.6 Å². The van der Waals surface area contributed by atoms with E-state index in [9.17, 15) is 24.4 Å². The quantitative estimate of drug-likeness (QED) is 0.145. The molecule has 38 heavy (non-hydrogen) atoms. The molecule has 14 nitrogen and oxygen atoms in total. The summed E-state index contributed by atoms with van der Waals surface area (Å²) in [6.07, 6.45) is 6.01. The second-order valence-electron chi connectivity index (χ2n) is 9.36. The van der Waals surface area contributed by atoms with Crippen molar-refractivity contribution in [3.8, 4) is 5.88 Å². The number of carbonyl (C=O) groups is 2. The summed E-state index contributed by atoms with van der Waals surface area (Å²) in [6, 6.07) is -1.34. The third-order valence-electron chi connectivity index (χ3n) is 5.81. The van der Waals surface area contributed by atoms with Gasteiger partial charge >= 0.3 is 13.7 Å². The van der Waals surface area contributed by atoms with Gasteiger partial charge in [0.15, 0.2) is 16.3 Å². The van der Waals surface area contributed by atoms with Crippen molar-refractivity contribution in [3.63, 3.8) is 0 Å². The van der Waals surface area contributed by atoms with E-state index in [2.05, 4.69) is 20.0 Å². The lowest BCUT2D eigenvalue weighted by molar-refractivity contribution is -0.138. The standard InChI is InChI=1S/C22H33N6O8PS/c1-13(19(30)31)27-37(33,35-7-8-38-20(32)22(2,3)11-29)36-10-14-5-6-15(9-14)28-12-24-16-17(28)25-21(23)26-18(16)34-4/h5-6,12-15,29H,7-11H2,1-4H3,(H,27,33)(H,30,31)(H2,23,25,26)/t13?,14-,15+,37?/m1/s1. The number of anilines is 1. The largest absolute Gasteiger partial charge is 0.480 e. The van der Waals surface area contributed by atoms with Gasteiger partial charge in [-0.05, 0) is 27.2 Å². The third kappa shape index (κ3) is 7.30. The van der Waals surface area contributed by atoms with Crippen molar-refractivity contribution >= 4 is 47.7 Å². The number of ether oxygens (including phenoxy) is 1. The molecule has 0 aliphatic heterocycles. The zero-order valence-electron chi connectivity index (χ0n) is 21.6. The highest BCUT2D eigenvalue weighted by molar-refractivity contribution is 8.13. The Morgan fingerprint density at radius 1 is 1.34 bits per heavy atom. The Morgan fingerprint density at radius 2 is 2.08 bits per heavy atom. The van der Waals surface area contributed by atoms with Gasteiger partial charge in [0, 0.05) is 11.7 Å². The molecular weight excluding hydrogens is 539 g/mol. The molecule has 0 spiro atoms. The minimum absolute atomic E-state index is 0.0136. The van der Waals surface area contributed by atoms with E-state index in [1.807, 2.05) is 16.7 Å². The van der Waals surface area contributed by atoms with Crippen LogP contribution in [0.4, 0.5) is 5.95 Å². The second kappa shape index (κ2) is 12.5. The number of nitrogen functional groups attached to an aromatic ring is 1. The highest BCUT2D eigenvalue weighted by Crippen LogP contribution is 2.46. The highest BCUT2D eigenvalue weighted by Gasteiger charge is 2.33. The zero-order valence-corrected chi connectivity index (χ0v) is 23.3. The predicted octanol–water partition coefficient (Wildman–Crippen LogP) is 2.02. The molecule has 16 heteroatoms. The van der Waals surface area contributed by atoms with E-state index in [-0.39, 0.29) is 54.5 Å². The molecule has 0 fully saturated rings. The van der Waals surface area contributed by atoms with Gasteiger partial charge < -0.3 is 25.3 Å². The summed E-state index contributed by atoms with van der Waals surface area (Å²) < 4.78 is 31.5. The van der Waals surface area contributed by atoms with Gasteiger partial charge in [0.25, 0.3) is 0 Å². The molecule has 2 heterocycles. The molecule has 2 aromatic rings. The molecule has 5 N–H and O–H groups in total. The second-order valence-corrected chi connectivity index (χ2v) is 12.2. The number of nitrogens with one attached hydrogen (secondary N) is 1. The van der Waals surface area contributed by atoms with E-state index in [0.717, 1.165) is 11.8 Å². The number of methoxy groups -OCH3 is 1. The smallest absolute Gasteiger partial charge is 0.406 e. The zero-order chi connectivity index (χ0) is 28.1. The third-order valence-corrected chi connectivity index (χ3v) is 8.71. The van der Waals surface area contributed by atoms with Crippen molar-refractivity contribution in [1.29, 1.82) is 0 Å². The van der Waals surface area contributed by atoms with Crippen LogP contribution >= 0.6 is 19.5 Å². The number of allylic oxidation sites excluding steroid dienone is 1. The first kappa shape index (κ1) is 30.0. The van der Waals surface area contributed by atoms with E-state index >= 15 is 0 Å². The number of aromatic nitrogens is 4. The topological polar surface area (TPSA) is 201 Å². The first-order valence-electron chi connectivity index (χ1n) is 11.8. The number of imidazole rings is 1. The molecule has 0 bridgehead atoms. The number of carboxylic acid groups (broad SMARTS) is 1. The number of nitrogens with two attached hydrogens (primary N) is 1.